The molecule has 23 heteroatoms. The van der Waals surface area contributed by atoms with Crippen molar-refractivity contribution < 1.29 is 98.9 Å². The van der Waals surface area contributed by atoms with Gasteiger partial charge in [0.1, 0.15) is 34.5 Å². The molecule has 0 fully saturated rings. The van der Waals surface area contributed by atoms with E-state index in [2.05, 4.69) is 14.2 Å². The molecule has 0 bridgehead atoms. The van der Waals surface area contributed by atoms with Crippen LogP contribution in [0.25, 0.3) is 22.1 Å². The molecule has 0 aliphatic rings. The van der Waals surface area contributed by atoms with Gasteiger partial charge in [-0.05, 0) is 17.7 Å². The molecule has 0 aliphatic heterocycles. The maximum absolute atomic E-state index is 13.6. The molecule has 0 saturated heterocycles. The second kappa shape index (κ2) is 11.7. The first kappa shape index (κ1) is 36.5. The largest absolute Gasteiger partial charge is 0.465 e. The van der Waals surface area contributed by atoms with Gasteiger partial charge in [0, 0.05) is 12.1 Å². The average Bonchev–Trinajstić information content (AvgIpc) is 2.91. The Morgan fingerprint density at radius 2 is 0.957 bits per heavy atom. The molecule has 2 aromatic carbocycles. The summed E-state index contributed by atoms with van der Waals surface area (Å²) in [7, 11) is 0. The van der Waals surface area contributed by atoms with E-state index in [1.165, 1.54) is 0 Å². The molecule has 8 nitrogen and oxygen atoms in total. The molecule has 1 aromatic heterocycles. The van der Waals surface area contributed by atoms with Crippen molar-refractivity contribution in [3.8, 4) is 28.4 Å². The van der Waals surface area contributed by atoms with Crippen LogP contribution < -0.4 is 19.6 Å². The van der Waals surface area contributed by atoms with Crippen molar-refractivity contribution in [1.82, 2.24) is 0 Å². The molecule has 3 rings (SSSR count). The fourth-order valence-corrected chi connectivity index (χ4v) is 3.09. The van der Waals surface area contributed by atoms with Crippen LogP contribution in [0.4, 0.5) is 65.9 Å². The Kier molecular flexibility index (Phi) is 9.06. The first-order valence-electron chi connectivity index (χ1n) is 11.3. The molecule has 0 amide bonds. The van der Waals surface area contributed by atoms with E-state index < -0.39 is 99.0 Å². The third kappa shape index (κ3) is 6.91. The van der Waals surface area contributed by atoms with E-state index in [-0.39, 0.29) is 12.1 Å². The Bertz CT molecular complexity index is 1770. The van der Waals surface area contributed by atoms with Crippen LogP contribution in [0.2, 0.25) is 0 Å². The van der Waals surface area contributed by atoms with Crippen LogP contribution in [0.3, 0.4) is 0 Å². The van der Waals surface area contributed by atoms with Crippen LogP contribution in [0.1, 0.15) is 0 Å². The first-order valence-corrected chi connectivity index (χ1v) is 11.3. The maximum atomic E-state index is 13.6. The molecule has 47 heavy (non-hydrogen) atoms. The van der Waals surface area contributed by atoms with Gasteiger partial charge < -0.3 is 18.6 Å². The Balaban J connectivity index is 2.12. The number of carbonyl (C=O) groups is 3. The van der Waals surface area contributed by atoms with E-state index >= 15 is 0 Å². The molecule has 1 heterocycles. The topological polar surface area (TPSA) is 109 Å². The number of carbonyl (C=O) groups excluding carboxylic acids is 3. The lowest BCUT2D eigenvalue weighted by atomic mass is 10.0. The fraction of sp³-hybridized carbons (Fsp3) is 0.250. The summed E-state index contributed by atoms with van der Waals surface area (Å²) in [5.74, 6) is -32.8. The van der Waals surface area contributed by atoms with Crippen molar-refractivity contribution in [2.45, 2.75) is 36.3 Å². The van der Waals surface area contributed by atoms with Gasteiger partial charge in [-0.25, -0.2) is 14.4 Å². The van der Waals surface area contributed by atoms with Crippen LogP contribution in [0, 0.1) is 0 Å². The van der Waals surface area contributed by atoms with E-state index in [0.717, 1.165) is 0 Å². The molecule has 0 atom stereocenters. The van der Waals surface area contributed by atoms with E-state index in [1.54, 1.807) is 0 Å². The maximum Gasteiger partial charge on any atom is 0.465 e. The van der Waals surface area contributed by atoms with Gasteiger partial charge >= 0.3 is 54.2 Å². The highest BCUT2D eigenvalue weighted by atomic mass is 19.4. The quantitative estimate of drug-likeness (QED) is 0.150. The molecule has 256 valence electrons. The summed E-state index contributed by atoms with van der Waals surface area (Å²) in [4.78, 5) is 47.6. The lowest BCUT2D eigenvalue weighted by Gasteiger charge is -2.19. The van der Waals surface area contributed by atoms with Crippen molar-refractivity contribution in [2.75, 3.05) is 0 Å². The summed E-state index contributed by atoms with van der Waals surface area (Å²) in [6.45, 7) is 0. The Labute approximate surface area is 246 Å². The van der Waals surface area contributed by atoms with Gasteiger partial charge in [0.15, 0.2) is 0 Å². The standard InChI is InChI=1S/C24H7F15O8/c25-19(26,22(31,32)33)16(41)45-9-3-1-8(2-4-9)11-7-44-12-5-10(46-17(42)20(27,28)23(34,35)36)6-13(14(12)15(11)40)47-18(43)21(29,30)24(37,38)39/h1-7H. The van der Waals surface area contributed by atoms with Gasteiger partial charge in [0.05, 0.1) is 5.56 Å². The highest BCUT2D eigenvalue weighted by Gasteiger charge is 2.67. The Hall–Kier alpha value is -4.99. The normalized spacial score (nSPS) is 13.3. The fourth-order valence-electron chi connectivity index (χ4n) is 3.09. The van der Waals surface area contributed by atoms with Gasteiger partial charge in [0.2, 0.25) is 5.43 Å². The van der Waals surface area contributed by atoms with Crippen molar-refractivity contribution in [2.24, 2.45) is 0 Å². The molecule has 3 aromatic rings. The zero-order chi connectivity index (χ0) is 36.1. The van der Waals surface area contributed by atoms with Gasteiger partial charge in [-0.3, -0.25) is 4.79 Å². The minimum absolute atomic E-state index is 0.174. The summed E-state index contributed by atoms with van der Waals surface area (Å²) >= 11 is 0. The molecular formula is C24H7F15O8. The first-order chi connectivity index (χ1) is 21.1. The van der Waals surface area contributed by atoms with E-state index in [9.17, 15) is 85.0 Å². The van der Waals surface area contributed by atoms with E-state index in [0.29, 0.717) is 30.5 Å². The van der Waals surface area contributed by atoms with E-state index in [4.69, 9.17) is 4.42 Å². The number of alkyl halides is 15. The highest BCUT2D eigenvalue weighted by molar-refractivity contribution is 5.93. The van der Waals surface area contributed by atoms with Crippen molar-refractivity contribution in [1.29, 1.82) is 0 Å². The minimum atomic E-state index is -6.64. The lowest BCUT2D eigenvalue weighted by Crippen LogP contribution is -2.46. The van der Waals surface area contributed by atoms with Crippen molar-refractivity contribution in [3.63, 3.8) is 0 Å². The monoisotopic (exact) mass is 708 g/mol. The third-order valence-corrected chi connectivity index (χ3v) is 5.44. The van der Waals surface area contributed by atoms with Crippen molar-refractivity contribution in [3.05, 3.63) is 52.9 Å². The van der Waals surface area contributed by atoms with Gasteiger partial charge in [0.25, 0.3) is 0 Å². The minimum Gasteiger partial charge on any atom is -0.463 e. The summed E-state index contributed by atoms with van der Waals surface area (Å²) in [6.07, 6.45) is -19.2. The number of hydrogen-bond donors (Lipinski definition) is 0. The lowest BCUT2D eigenvalue weighted by molar-refractivity contribution is -0.277. The average molecular weight is 708 g/mol. The summed E-state index contributed by atoms with van der Waals surface area (Å²) in [5, 5.41) is -1.31. The van der Waals surface area contributed by atoms with Crippen LogP contribution in [-0.2, 0) is 14.4 Å². The Morgan fingerprint density at radius 1 is 0.553 bits per heavy atom. The number of ether oxygens (including phenoxy) is 3. The number of rotatable bonds is 7. The zero-order valence-corrected chi connectivity index (χ0v) is 21.5. The summed E-state index contributed by atoms with van der Waals surface area (Å²) < 4.78 is 209. The van der Waals surface area contributed by atoms with Gasteiger partial charge in [-0.15, -0.1) is 0 Å². The van der Waals surface area contributed by atoms with Crippen LogP contribution in [-0.4, -0.2) is 54.2 Å². The second-order valence-electron chi connectivity index (χ2n) is 8.68. The summed E-state index contributed by atoms with van der Waals surface area (Å²) in [6, 6.07) is 2.39. The van der Waals surface area contributed by atoms with E-state index in [1.807, 2.05) is 0 Å². The molecule has 0 N–H and O–H groups in total. The molecule has 0 spiro atoms. The number of esters is 3. The van der Waals surface area contributed by atoms with Crippen LogP contribution >= 0.6 is 0 Å². The number of halogens is 15. The zero-order valence-electron chi connectivity index (χ0n) is 21.5. The third-order valence-electron chi connectivity index (χ3n) is 5.44. The number of fused-ring (bicyclic) bond motifs is 1. The predicted molar refractivity (Wildman–Crippen MR) is 118 cm³/mol. The summed E-state index contributed by atoms with van der Waals surface area (Å²) in [5.41, 5.74) is -3.99. The van der Waals surface area contributed by atoms with Crippen molar-refractivity contribution >= 4 is 28.9 Å². The van der Waals surface area contributed by atoms with Crippen LogP contribution in [0.15, 0.2) is 51.9 Å². The van der Waals surface area contributed by atoms with Gasteiger partial charge in [-0.1, -0.05) is 12.1 Å². The number of benzene rings is 2. The number of hydrogen-bond acceptors (Lipinski definition) is 8. The molecule has 0 radical (unpaired) electrons. The SMILES string of the molecule is O=C(Oc1ccc(-c2coc3cc(OC(=O)C(F)(F)C(F)(F)F)cc(OC(=O)C(F)(F)C(F)(F)F)c3c2=O)cc1)C(F)(F)C(F)(F)F. The smallest absolute Gasteiger partial charge is 0.463 e. The second-order valence-corrected chi connectivity index (χ2v) is 8.68. The molecular weight excluding hydrogens is 701 g/mol. The predicted octanol–water partition coefficient (Wildman–Crippen LogP) is 6.77. The Morgan fingerprint density at radius 3 is 1.38 bits per heavy atom. The van der Waals surface area contributed by atoms with Gasteiger partial charge in [-0.2, -0.15) is 65.9 Å². The van der Waals surface area contributed by atoms with Crippen LogP contribution in [0.5, 0.6) is 17.2 Å². The molecule has 0 aliphatic carbocycles. The molecule has 0 saturated carbocycles. The molecule has 0 unspecified atom stereocenters. The highest BCUT2D eigenvalue weighted by Crippen LogP contribution is 2.41.